The summed E-state index contributed by atoms with van der Waals surface area (Å²) in [4.78, 5) is 40.2. The Kier molecular flexibility index (Phi) is 7.36. The number of halogens is 1. The van der Waals surface area contributed by atoms with E-state index in [2.05, 4.69) is 15.4 Å². The minimum absolute atomic E-state index is 0.0106. The second-order valence-corrected chi connectivity index (χ2v) is 7.75. The summed E-state index contributed by atoms with van der Waals surface area (Å²) < 4.78 is 4.57. The van der Waals surface area contributed by atoms with Crippen LogP contribution in [0.25, 0.3) is 0 Å². The molecule has 3 rings (SSSR count). The number of benzene rings is 2. The fourth-order valence-electron chi connectivity index (χ4n) is 3.48. The Balaban J connectivity index is 1.55. The standard InChI is InChI=1S/C22H25ClN4O4/c1-15-14-26(9-10-27(15)20(28)12-16-5-3-6-17(23)11-16)21(29)24-18-7-4-8-19(13-18)25-22(30)31-2/h3-8,11,13,15H,9-10,12,14H2,1-2H3,(H,24,29)(H,25,30). The molecule has 0 bridgehead atoms. The Labute approximate surface area is 186 Å². The highest BCUT2D eigenvalue weighted by atomic mass is 35.5. The maximum absolute atomic E-state index is 12.7. The number of nitrogens with zero attached hydrogens (tertiary/aromatic N) is 2. The van der Waals surface area contributed by atoms with Crippen LogP contribution in [-0.2, 0) is 16.0 Å². The zero-order valence-electron chi connectivity index (χ0n) is 17.4. The molecule has 8 nitrogen and oxygen atoms in total. The first-order chi connectivity index (χ1) is 14.9. The number of rotatable bonds is 4. The minimum Gasteiger partial charge on any atom is -0.453 e. The van der Waals surface area contributed by atoms with Crippen LogP contribution in [0.4, 0.5) is 21.0 Å². The molecule has 2 aromatic carbocycles. The average Bonchev–Trinajstić information content (AvgIpc) is 2.73. The summed E-state index contributed by atoms with van der Waals surface area (Å²) in [6.45, 7) is 3.24. The molecule has 1 saturated heterocycles. The number of carbonyl (C=O) groups is 3. The van der Waals surface area contributed by atoms with Crippen molar-refractivity contribution >= 4 is 41.0 Å². The molecule has 4 amide bonds. The van der Waals surface area contributed by atoms with Gasteiger partial charge < -0.3 is 19.9 Å². The molecule has 0 aromatic heterocycles. The predicted octanol–water partition coefficient (Wildman–Crippen LogP) is 3.83. The van der Waals surface area contributed by atoms with E-state index in [0.717, 1.165) is 5.56 Å². The van der Waals surface area contributed by atoms with E-state index in [-0.39, 0.29) is 24.4 Å². The lowest BCUT2D eigenvalue weighted by Gasteiger charge is -2.40. The quantitative estimate of drug-likeness (QED) is 0.749. The summed E-state index contributed by atoms with van der Waals surface area (Å²) in [5.74, 6) is 0.0106. The first-order valence-corrected chi connectivity index (χ1v) is 10.3. The minimum atomic E-state index is -0.587. The number of urea groups is 1. The summed E-state index contributed by atoms with van der Waals surface area (Å²) in [5, 5.41) is 5.99. The van der Waals surface area contributed by atoms with Gasteiger partial charge in [0.05, 0.1) is 13.5 Å². The molecule has 0 radical (unpaired) electrons. The van der Waals surface area contributed by atoms with Crippen molar-refractivity contribution in [1.82, 2.24) is 9.80 Å². The Morgan fingerprint density at radius 2 is 1.77 bits per heavy atom. The maximum atomic E-state index is 12.7. The number of carbonyl (C=O) groups excluding carboxylic acids is 3. The first kappa shape index (κ1) is 22.4. The molecule has 0 saturated carbocycles. The SMILES string of the molecule is COC(=O)Nc1cccc(NC(=O)N2CCN(C(=O)Cc3cccc(Cl)c3)C(C)C2)c1. The fourth-order valence-corrected chi connectivity index (χ4v) is 3.69. The van der Waals surface area contributed by atoms with Crippen LogP contribution in [0.1, 0.15) is 12.5 Å². The van der Waals surface area contributed by atoms with Gasteiger partial charge in [-0.1, -0.05) is 29.8 Å². The van der Waals surface area contributed by atoms with Gasteiger partial charge in [-0.15, -0.1) is 0 Å². The van der Waals surface area contributed by atoms with Gasteiger partial charge >= 0.3 is 12.1 Å². The summed E-state index contributed by atoms with van der Waals surface area (Å²) in [5.41, 5.74) is 1.92. The third-order valence-corrected chi connectivity index (χ3v) is 5.26. The van der Waals surface area contributed by atoms with Crippen molar-refractivity contribution in [3.05, 3.63) is 59.1 Å². The average molecular weight is 445 g/mol. The molecule has 164 valence electrons. The number of hydrogen-bond donors (Lipinski definition) is 2. The van der Waals surface area contributed by atoms with Crippen molar-refractivity contribution in [2.45, 2.75) is 19.4 Å². The smallest absolute Gasteiger partial charge is 0.411 e. The summed E-state index contributed by atoms with van der Waals surface area (Å²) in [7, 11) is 1.28. The molecule has 2 N–H and O–H groups in total. The zero-order chi connectivity index (χ0) is 22.4. The number of amides is 4. The molecular formula is C22H25ClN4O4. The van der Waals surface area contributed by atoms with Gasteiger partial charge in [-0.25, -0.2) is 9.59 Å². The van der Waals surface area contributed by atoms with Gasteiger partial charge in [-0.3, -0.25) is 10.1 Å². The van der Waals surface area contributed by atoms with Crippen LogP contribution < -0.4 is 10.6 Å². The molecule has 31 heavy (non-hydrogen) atoms. The van der Waals surface area contributed by atoms with Gasteiger partial charge in [0.1, 0.15) is 0 Å². The molecule has 1 unspecified atom stereocenters. The van der Waals surface area contributed by atoms with E-state index in [1.54, 1.807) is 46.2 Å². The molecule has 1 fully saturated rings. The van der Waals surface area contributed by atoms with Crippen LogP contribution in [0.2, 0.25) is 5.02 Å². The largest absolute Gasteiger partial charge is 0.453 e. The number of ether oxygens (including phenoxy) is 1. The highest BCUT2D eigenvalue weighted by Crippen LogP contribution is 2.18. The summed E-state index contributed by atoms with van der Waals surface area (Å²) in [6, 6.07) is 13.7. The van der Waals surface area contributed by atoms with Gasteiger partial charge in [0.25, 0.3) is 0 Å². The van der Waals surface area contributed by atoms with Gasteiger partial charge in [-0.2, -0.15) is 0 Å². The monoisotopic (exact) mass is 444 g/mol. The van der Waals surface area contributed by atoms with Crippen LogP contribution in [0, 0.1) is 0 Å². The molecule has 1 aliphatic rings. The van der Waals surface area contributed by atoms with Crippen LogP contribution in [0.3, 0.4) is 0 Å². The molecule has 0 aliphatic carbocycles. The lowest BCUT2D eigenvalue weighted by molar-refractivity contribution is -0.134. The number of methoxy groups -OCH3 is 1. The van der Waals surface area contributed by atoms with Gasteiger partial charge in [0, 0.05) is 42.1 Å². The van der Waals surface area contributed by atoms with Crippen LogP contribution in [-0.4, -0.2) is 60.6 Å². The van der Waals surface area contributed by atoms with Gasteiger partial charge in [-0.05, 0) is 42.8 Å². The third-order valence-electron chi connectivity index (χ3n) is 5.03. The van der Waals surface area contributed by atoms with E-state index in [4.69, 9.17) is 11.6 Å². The molecule has 9 heteroatoms. The van der Waals surface area contributed by atoms with E-state index >= 15 is 0 Å². The van der Waals surface area contributed by atoms with Crippen molar-refractivity contribution < 1.29 is 19.1 Å². The Morgan fingerprint density at radius 1 is 1.06 bits per heavy atom. The van der Waals surface area contributed by atoms with Crippen molar-refractivity contribution in [1.29, 1.82) is 0 Å². The Morgan fingerprint density at radius 3 is 2.45 bits per heavy atom. The first-order valence-electron chi connectivity index (χ1n) is 9.90. The van der Waals surface area contributed by atoms with E-state index in [0.29, 0.717) is 36.0 Å². The van der Waals surface area contributed by atoms with Crippen molar-refractivity contribution in [2.75, 3.05) is 37.4 Å². The molecule has 1 atom stereocenters. The van der Waals surface area contributed by atoms with E-state index < -0.39 is 6.09 Å². The lowest BCUT2D eigenvalue weighted by atomic mass is 10.1. The van der Waals surface area contributed by atoms with Crippen LogP contribution in [0.5, 0.6) is 0 Å². The molecule has 0 spiro atoms. The highest BCUT2D eigenvalue weighted by Gasteiger charge is 2.29. The Bertz CT molecular complexity index is 968. The summed E-state index contributed by atoms with van der Waals surface area (Å²) >= 11 is 6.00. The molecule has 1 heterocycles. The molecule has 1 aliphatic heterocycles. The van der Waals surface area contributed by atoms with E-state index in [1.165, 1.54) is 7.11 Å². The van der Waals surface area contributed by atoms with Crippen molar-refractivity contribution in [3.8, 4) is 0 Å². The normalized spacial score (nSPS) is 15.9. The van der Waals surface area contributed by atoms with Gasteiger partial charge in [0.15, 0.2) is 0 Å². The molecular weight excluding hydrogens is 420 g/mol. The second kappa shape index (κ2) is 10.2. The van der Waals surface area contributed by atoms with Crippen molar-refractivity contribution in [2.24, 2.45) is 0 Å². The topological polar surface area (TPSA) is 91.0 Å². The fraction of sp³-hybridized carbons (Fsp3) is 0.318. The lowest BCUT2D eigenvalue weighted by Crippen LogP contribution is -2.56. The second-order valence-electron chi connectivity index (χ2n) is 7.32. The maximum Gasteiger partial charge on any atom is 0.411 e. The van der Waals surface area contributed by atoms with E-state index in [1.807, 2.05) is 19.1 Å². The zero-order valence-corrected chi connectivity index (χ0v) is 18.2. The van der Waals surface area contributed by atoms with Gasteiger partial charge in [0.2, 0.25) is 5.91 Å². The number of anilines is 2. The summed E-state index contributed by atoms with van der Waals surface area (Å²) in [6.07, 6.45) is -0.312. The molecule has 2 aromatic rings. The van der Waals surface area contributed by atoms with Crippen LogP contribution in [0.15, 0.2) is 48.5 Å². The number of hydrogen-bond acceptors (Lipinski definition) is 4. The third kappa shape index (κ3) is 6.11. The number of nitrogens with one attached hydrogen (secondary N) is 2. The van der Waals surface area contributed by atoms with Crippen LogP contribution >= 0.6 is 11.6 Å². The van der Waals surface area contributed by atoms with E-state index in [9.17, 15) is 14.4 Å². The van der Waals surface area contributed by atoms with Crippen molar-refractivity contribution in [3.63, 3.8) is 0 Å². The predicted molar refractivity (Wildman–Crippen MR) is 119 cm³/mol. The highest BCUT2D eigenvalue weighted by molar-refractivity contribution is 6.30. The Hall–Kier alpha value is -3.26. The number of piperazine rings is 1.